The number of aryl methyl sites for hydroxylation is 3. The maximum Gasteiger partial charge on any atom is 0.237 e. The lowest BCUT2D eigenvalue weighted by atomic mass is 9.95. The average Bonchev–Trinajstić information content (AvgIpc) is 2.80. The van der Waals surface area contributed by atoms with E-state index < -0.39 is 5.54 Å². The van der Waals surface area contributed by atoms with Gasteiger partial charge in [0.05, 0.1) is 11.2 Å². The Bertz CT molecular complexity index is 427. The summed E-state index contributed by atoms with van der Waals surface area (Å²) in [6.07, 6.45) is 3.52. The van der Waals surface area contributed by atoms with Crippen LogP contribution in [0.1, 0.15) is 45.0 Å². The number of amides is 1. The number of nitrogens with one attached hydrogen (secondary N) is 1. The SMILES string of the molecule is CCc1cc(CC)n(CCCC(C)(NC)C(N)=O)n1. The number of carbonyl (C=O) groups is 1. The first-order chi connectivity index (χ1) is 8.96. The molecule has 1 rings (SSSR count). The van der Waals surface area contributed by atoms with Gasteiger partial charge >= 0.3 is 0 Å². The summed E-state index contributed by atoms with van der Waals surface area (Å²) in [5.74, 6) is -0.305. The van der Waals surface area contributed by atoms with E-state index in [9.17, 15) is 4.79 Å². The predicted octanol–water partition coefficient (Wildman–Crippen LogP) is 1.25. The maximum atomic E-state index is 11.4. The third kappa shape index (κ3) is 3.80. The molecular weight excluding hydrogens is 240 g/mol. The van der Waals surface area contributed by atoms with Gasteiger partial charge in [0.25, 0.3) is 0 Å². The van der Waals surface area contributed by atoms with Crippen LogP contribution in [0.2, 0.25) is 0 Å². The summed E-state index contributed by atoms with van der Waals surface area (Å²) in [6.45, 7) is 6.91. The first kappa shape index (κ1) is 15.7. The molecule has 1 atom stereocenters. The van der Waals surface area contributed by atoms with E-state index in [4.69, 9.17) is 5.73 Å². The van der Waals surface area contributed by atoms with Gasteiger partial charge < -0.3 is 11.1 Å². The molecule has 0 aromatic carbocycles. The fourth-order valence-electron chi connectivity index (χ4n) is 2.12. The van der Waals surface area contributed by atoms with Crippen LogP contribution in [0.3, 0.4) is 0 Å². The molecule has 0 bridgehead atoms. The van der Waals surface area contributed by atoms with Gasteiger partial charge in [-0.25, -0.2) is 0 Å². The Kier molecular flexibility index (Phi) is 5.54. The third-order valence-electron chi connectivity index (χ3n) is 3.78. The molecule has 0 aliphatic heterocycles. The minimum absolute atomic E-state index is 0.305. The van der Waals surface area contributed by atoms with Gasteiger partial charge in [-0.2, -0.15) is 5.10 Å². The Morgan fingerprint density at radius 1 is 1.47 bits per heavy atom. The summed E-state index contributed by atoms with van der Waals surface area (Å²) in [5, 5.41) is 7.57. The highest BCUT2D eigenvalue weighted by molar-refractivity contribution is 5.84. The van der Waals surface area contributed by atoms with Crippen molar-refractivity contribution in [3.05, 3.63) is 17.5 Å². The normalized spacial score (nSPS) is 14.3. The van der Waals surface area contributed by atoms with Gasteiger partial charge in [0, 0.05) is 12.2 Å². The Balaban J connectivity index is 2.62. The van der Waals surface area contributed by atoms with Gasteiger partial charge in [0.15, 0.2) is 0 Å². The van der Waals surface area contributed by atoms with Crippen LogP contribution in [-0.2, 0) is 24.2 Å². The number of nitrogens with two attached hydrogens (primary N) is 1. The van der Waals surface area contributed by atoms with Crippen molar-refractivity contribution in [2.24, 2.45) is 5.73 Å². The molecule has 3 N–H and O–H groups in total. The van der Waals surface area contributed by atoms with E-state index in [2.05, 4.69) is 35.0 Å². The second-order valence-electron chi connectivity index (χ2n) is 5.11. The predicted molar refractivity (Wildman–Crippen MR) is 76.9 cm³/mol. The Hall–Kier alpha value is -1.36. The zero-order valence-corrected chi connectivity index (χ0v) is 12.5. The number of carbonyl (C=O) groups excluding carboxylic acids is 1. The van der Waals surface area contributed by atoms with E-state index in [1.54, 1.807) is 7.05 Å². The van der Waals surface area contributed by atoms with Crippen molar-refractivity contribution in [1.29, 1.82) is 0 Å². The average molecular weight is 266 g/mol. The lowest BCUT2D eigenvalue weighted by molar-refractivity contribution is -0.123. The zero-order valence-electron chi connectivity index (χ0n) is 12.5. The molecule has 0 fully saturated rings. The van der Waals surface area contributed by atoms with Crippen LogP contribution >= 0.6 is 0 Å². The summed E-state index contributed by atoms with van der Waals surface area (Å²) in [5.41, 5.74) is 7.17. The second kappa shape index (κ2) is 6.70. The molecular formula is C14H26N4O. The molecule has 19 heavy (non-hydrogen) atoms. The lowest BCUT2D eigenvalue weighted by Crippen LogP contribution is -2.51. The first-order valence-electron chi connectivity index (χ1n) is 7.01. The van der Waals surface area contributed by atoms with Crippen molar-refractivity contribution in [3.63, 3.8) is 0 Å². The number of aromatic nitrogens is 2. The van der Waals surface area contributed by atoms with Crippen LogP contribution in [0, 0.1) is 0 Å². The van der Waals surface area contributed by atoms with E-state index in [1.807, 2.05) is 6.92 Å². The molecule has 5 heteroatoms. The summed E-state index contributed by atoms with van der Waals surface area (Å²) in [6, 6.07) is 2.16. The molecule has 0 saturated heterocycles. The molecule has 1 amide bonds. The molecule has 0 saturated carbocycles. The van der Waals surface area contributed by atoms with E-state index in [0.717, 1.165) is 31.5 Å². The van der Waals surface area contributed by atoms with Crippen LogP contribution < -0.4 is 11.1 Å². The van der Waals surface area contributed by atoms with Crippen LogP contribution in [0.15, 0.2) is 6.07 Å². The first-order valence-corrected chi connectivity index (χ1v) is 7.01. The smallest absolute Gasteiger partial charge is 0.237 e. The van der Waals surface area contributed by atoms with Gasteiger partial charge in [-0.3, -0.25) is 9.48 Å². The molecule has 0 spiro atoms. The number of hydrogen-bond donors (Lipinski definition) is 2. The molecule has 0 aliphatic carbocycles. The van der Waals surface area contributed by atoms with Crippen molar-refractivity contribution >= 4 is 5.91 Å². The van der Waals surface area contributed by atoms with Crippen molar-refractivity contribution in [2.75, 3.05) is 7.05 Å². The molecule has 5 nitrogen and oxygen atoms in total. The Morgan fingerprint density at radius 3 is 2.63 bits per heavy atom. The Labute approximate surface area is 115 Å². The van der Waals surface area contributed by atoms with Gasteiger partial charge in [-0.15, -0.1) is 0 Å². The topological polar surface area (TPSA) is 72.9 Å². The number of primary amides is 1. The fraction of sp³-hybridized carbons (Fsp3) is 0.714. The highest BCUT2D eigenvalue weighted by Crippen LogP contribution is 2.14. The number of hydrogen-bond acceptors (Lipinski definition) is 3. The standard InChI is InChI=1S/C14H26N4O/c1-5-11-10-12(6-2)18(17-11)9-7-8-14(3,16-4)13(15)19/h10,16H,5-9H2,1-4H3,(H2,15,19). The minimum Gasteiger partial charge on any atom is -0.368 e. The molecule has 0 radical (unpaired) electrons. The maximum absolute atomic E-state index is 11.4. The van der Waals surface area contributed by atoms with Crippen LogP contribution in [0.4, 0.5) is 0 Å². The lowest BCUT2D eigenvalue weighted by Gasteiger charge is -2.25. The number of rotatable bonds is 8. The number of likely N-dealkylation sites (N-methyl/N-ethyl adjacent to an activating group) is 1. The van der Waals surface area contributed by atoms with Crippen molar-refractivity contribution in [3.8, 4) is 0 Å². The van der Waals surface area contributed by atoms with Crippen molar-refractivity contribution in [1.82, 2.24) is 15.1 Å². The molecule has 1 unspecified atom stereocenters. The molecule has 108 valence electrons. The number of nitrogens with zero attached hydrogens (tertiary/aromatic N) is 2. The highest BCUT2D eigenvalue weighted by Gasteiger charge is 2.28. The summed E-state index contributed by atoms with van der Waals surface area (Å²) >= 11 is 0. The third-order valence-corrected chi connectivity index (χ3v) is 3.78. The molecule has 1 aromatic rings. The van der Waals surface area contributed by atoms with E-state index in [1.165, 1.54) is 5.69 Å². The van der Waals surface area contributed by atoms with Gasteiger partial charge in [0.2, 0.25) is 5.91 Å². The Morgan fingerprint density at radius 2 is 2.16 bits per heavy atom. The van der Waals surface area contributed by atoms with E-state index in [0.29, 0.717) is 6.42 Å². The quantitative estimate of drug-likeness (QED) is 0.744. The fourth-order valence-corrected chi connectivity index (χ4v) is 2.12. The molecule has 1 aromatic heterocycles. The zero-order chi connectivity index (χ0) is 14.5. The monoisotopic (exact) mass is 266 g/mol. The van der Waals surface area contributed by atoms with Crippen molar-refractivity contribution < 1.29 is 4.79 Å². The van der Waals surface area contributed by atoms with Crippen LogP contribution in [-0.4, -0.2) is 28.3 Å². The summed E-state index contributed by atoms with van der Waals surface area (Å²) < 4.78 is 2.05. The van der Waals surface area contributed by atoms with Crippen LogP contribution in [0.5, 0.6) is 0 Å². The van der Waals surface area contributed by atoms with E-state index >= 15 is 0 Å². The second-order valence-corrected chi connectivity index (χ2v) is 5.11. The van der Waals surface area contributed by atoms with Gasteiger partial charge in [-0.1, -0.05) is 13.8 Å². The van der Waals surface area contributed by atoms with E-state index in [-0.39, 0.29) is 5.91 Å². The molecule has 0 aliphatic rings. The van der Waals surface area contributed by atoms with Gasteiger partial charge in [-0.05, 0) is 45.7 Å². The summed E-state index contributed by atoms with van der Waals surface area (Å²) in [4.78, 5) is 11.4. The highest BCUT2D eigenvalue weighted by atomic mass is 16.1. The van der Waals surface area contributed by atoms with Crippen molar-refractivity contribution in [2.45, 2.75) is 58.5 Å². The minimum atomic E-state index is -0.632. The van der Waals surface area contributed by atoms with Crippen LogP contribution in [0.25, 0.3) is 0 Å². The largest absolute Gasteiger partial charge is 0.368 e. The molecule has 1 heterocycles. The summed E-state index contributed by atoms with van der Waals surface area (Å²) in [7, 11) is 1.77. The van der Waals surface area contributed by atoms with Gasteiger partial charge in [0.1, 0.15) is 0 Å².